The van der Waals surface area contributed by atoms with Crippen LogP contribution < -0.4 is 0 Å². The van der Waals surface area contributed by atoms with E-state index in [-0.39, 0.29) is 37.3 Å². The van der Waals surface area contributed by atoms with Crippen molar-refractivity contribution >= 4 is 28.4 Å². The van der Waals surface area contributed by atoms with Crippen molar-refractivity contribution in [1.82, 2.24) is 9.21 Å². The Hall–Kier alpha value is -0.410. The predicted molar refractivity (Wildman–Crippen MR) is 91.6 cm³/mol. The molecule has 0 bridgehead atoms. The monoisotopic (exact) mass is 372 g/mol. The minimum Gasteiger partial charge on any atom is -0.481 e. The molecule has 1 rings (SSSR count). The van der Waals surface area contributed by atoms with Gasteiger partial charge in [0.25, 0.3) is 0 Å². The molecule has 23 heavy (non-hydrogen) atoms. The summed E-state index contributed by atoms with van der Waals surface area (Å²) in [6.07, 6.45) is 1.74. The van der Waals surface area contributed by atoms with Crippen molar-refractivity contribution < 1.29 is 23.1 Å². The first kappa shape index (κ1) is 22.6. The molecule has 0 aliphatic carbocycles. The zero-order chi connectivity index (χ0) is 16.6. The second-order valence-electron chi connectivity index (χ2n) is 5.83. The molecule has 0 atom stereocenters. The van der Waals surface area contributed by atoms with Crippen LogP contribution in [0.2, 0.25) is 0 Å². The molecular formula is C14H29ClN2O5S. The standard InChI is InChI=1S/C14H28N2O5S.ClH/c1-13(2)21-11-12-22(19,20)16-9-7-15(8-10-16)6-4-3-5-14(17)18;/h13H,3-12H2,1-2H3,(H,17,18);1H. The lowest BCUT2D eigenvalue weighted by molar-refractivity contribution is -0.137. The van der Waals surface area contributed by atoms with Crippen LogP contribution in [-0.2, 0) is 19.6 Å². The zero-order valence-corrected chi connectivity index (χ0v) is 15.6. The summed E-state index contributed by atoms with van der Waals surface area (Å²) in [5, 5.41) is 8.58. The highest BCUT2D eigenvalue weighted by atomic mass is 35.5. The summed E-state index contributed by atoms with van der Waals surface area (Å²) < 4.78 is 31.2. The average molecular weight is 373 g/mol. The minimum atomic E-state index is -3.23. The first-order valence-electron chi connectivity index (χ1n) is 7.85. The Morgan fingerprint density at radius 3 is 2.30 bits per heavy atom. The van der Waals surface area contributed by atoms with E-state index in [2.05, 4.69) is 4.90 Å². The molecule has 1 heterocycles. The lowest BCUT2D eigenvalue weighted by Gasteiger charge is -2.34. The van der Waals surface area contributed by atoms with E-state index in [9.17, 15) is 13.2 Å². The maximum Gasteiger partial charge on any atom is 0.303 e. The number of carboxylic acids is 1. The van der Waals surface area contributed by atoms with Crippen LogP contribution in [0.3, 0.4) is 0 Å². The first-order valence-corrected chi connectivity index (χ1v) is 9.46. The number of aliphatic carboxylic acids is 1. The smallest absolute Gasteiger partial charge is 0.303 e. The molecule has 0 radical (unpaired) electrons. The van der Waals surface area contributed by atoms with E-state index >= 15 is 0 Å². The Kier molecular flexibility index (Phi) is 11.0. The van der Waals surface area contributed by atoms with E-state index in [1.165, 1.54) is 4.31 Å². The Bertz CT molecular complexity index is 436. The number of halogens is 1. The summed E-state index contributed by atoms with van der Waals surface area (Å²) in [5.41, 5.74) is 0. The zero-order valence-electron chi connectivity index (χ0n) is 13.9. The van der Waals surface area contributed by atoms with Crippen LogP contribution in [0.15, 0.2) is 0 Å². The Morgan fingerprint density at radius 1 is 1.17 bits per heavy atom. The van der Waals surface area contributed by atoms with Gasteiger partial charge in [0.15, 0.2) is 0 Å². The van der Waals surface area contributed by atoms with E-state index in [1.54, 1.807) is 0 Å². The highest BCUT2D eigenvalue weighted by Crippen LogP contribution is 2.10. The van der Waals surface area contributed by atoms with Gasteiger partial charge in [0.2, 0.25) is 10.0 Å². The molecule has 0 amide bonds. The van der Waals surface area contributed by atoms with Crippen LogP contribution >= 0.6 is 12.4 Å². The summed E-state index contributed by atoms with van der Waals surface area (Å²) >= 11 is 0. The van der Waals surface area contributed by atoms with Gasteiger partial charge in [0.05, 0.1) is 18.5 Å². The molecule has 1 aliphatic heterocycles. The molecule has 1 saturated heterocycles. The van der Waals surface area contributed by atoms with E-state index in [0.29, 0.717) is 32.6 Å². The van der Waals surface area contributed by atoms with Crippen molar-refractivity contribution in [2.24, 2.45) is 0 Å². The number of ether oxygens (including phenoxy) is 1. The minimum absolute atomic E-state index is 0. The maximum atomic E-state index is 12.2. The molecule has 0 aromatic heterocycles. The number of carboxylic acid groups (broad SMARTS) is 1. The number of sulfonamides is 1. The number of nitrogens with zero attached hydrogens (tertiary/aromatic N) is 2. The Balaban J connectivity index is 0.00000484. The van der Waals surface area contributed by atoms with Crippen molar-refractivity contribution in [3.05, 3.63) is 0 Å². The number of unbranched alkanes of at least 4 members (excludes halogenated alkanes) is 1. The molecule has 138 valence electrons. The van der Waals surface area contributed by atoms with Crippen molar-refractivity contribution in [1.29, 1.82) is 0 Å². The fourth-order valence-electron chi connectivity index (χ4n) is 2.36. The molecule has 9 heteroatoms. The van der Waals surface area contributed by atoms with Crippen molar-refractivity contribution in [3.63, 3.8) is 0 Å². The van der Waals surface area contributed by atoms with Gasteiger partial charge in [-0.05, 0) is 33.2 Å². The van der Waals surface area contributed by atoms with Gasteiger partial charge in [-0.15, -0.1) is 12.4 Å². The highest BCUT2D eigenvalue weighted by molar-refractivity contribution is 7.89. The summed E-state index contributed by atoms with van der Waals surface area (Å²) in [7, 11) is -3.23. The van der Waals surface area contributed by atoms with E-state index < -0.39 is 16.0 Å². The lowest BCUT2D eigenvalue weighted by atomic mass is 10.2. The second kappa shape index (κ2) is 11.2. The third kappa shape index (κ3) is 9.46. The van der Waals surface area contributed by atoms with Crippen LogP contribution in [0.25, 0.3) is 0 Å². The molecule has 1 aliphatic rings. The topological polar surface area (TPSA) is 87.2 Å². The molecule has 0 spiro atoms. The molecule has 7 nitrogen and oxygen atoms in total. The molecule has 1 fully saturated rings. The van der Waals surface area contributed by atoms with Crippen LogP contribution in [-0.4, -0.2) is 79.9 Å². The van der Waals surface area contributed by atoms with E-state index in [4.69, 9.17) is 9.84 Å². The van der Waals surface area contributed by atoms with Gasteiger partial charge in [-0.1, -0.05) is 0 Å². The summed E-state index contributed by atoms with van der Waals surface area (Å²) in [6.45, 7) is 7.25. The van der Waals surface area contributed by atoms with Gasteiger partial charge < -0.3 is 14.7 Å². The molecule has 0 unspecified atom stereocenters. The second-order valence-corrected chi connectivity index (χ2v) is 7.92. The van der Waals surface area contributed by atoms with Crippen molar-refractivity contribution in [2.75, 3.05) is 45.1 Å². The van der Waals surface area contributed by atoms with Crippen molar-refractivity contribution in [2.45, 2.75) is 39.2 Å². The Morgan fingerprint density at radius 2 is 1.78 bits per heavy atom. The molecule has 0 aromatic rings. The third-order valence-electron chi connectivity index (χ3n) is 3.63. The number of hydrogen-bond donors (Lipinski definition) is 1. The third-order valence-corrected chi connectivity index (χ3v) is 5.47. The SMILES string of the molecule is CC(C)OCCS(=O)(=O)N1CCN(CCCCC(=O)O)CC1.Cl. The number of hydrogen-bond acceptors (Lipinski definition) is 5. The predicted octanol–water partition coefficient (Wildman–Crippen LogP) is 1.04. The summed E-state index contributed by atoms with van der Waals surface area (Å²) in [6, 6.07) is 0. The Labute approximate surface area is 145 Å². The normalized spacial score (nSPS) is 17.2. The summed E-state index contributed by atoms with van der Waals surface area (Å²) in [5.74, 6) is -0.733. The number of rotatable bonds is 10. The van der Waals surface area contributed by atoms with Gasteiger partial charge in [0, 0.05) is 32.6 Å². The largest absolute Gasteiger partial charge is 0.481 e. The lowest BCUT2D eigenvalue weighted by Crippen LogP contribution is -2.49. The maximum absolute atomic E-state index is 12.2. The van der Waals surface area contributed by atoms with Gasteiger partial charge in [-0.2, -0.15) is 4.31 Å². The van der Waals surface area contributed by atoms with E-state index in [1.807, 2.05) is 13.8 Å². The fourth-order valence-corrected chi connectivity index (χ4v) is 3.65. The highest BCUT2D eigenvalue weighted by Gasteiger charge is 2.26. The van der Waals surface area contributed by atoms with Gasteiger partial charge in [-0.25, -0.2) is 8.42 Å². The number of piperazine rings is 1. The van der Waals surface area contributed by atoms with Crippen molar-refractivity contribution in [3.8, 4) is 0 Å². The van der Waals surface area contributed by atoms with E-state index in [0.717, 1.165) is 13.0 Å². The van der Waals surface area contributed by atoms with Crippen LogP contribution in [0, 0.1) is 0 Å². The average Bonchev–Trinajstić information content (AvgIpc) is 2.43. The van der Waals surface area contributed by atoms with Crippen LogP contribution in [0.4, 0.5) is 0 Å². The van der Waals surface area contributed by atoms with Crippen LogP contribution in [0.5, 0.6) is 0 Å². The molecule has 1 N–H and O–H groups in total. The molecule has 0 aromatic carbocycles. The summed E-state index contributed by atoms with van der Waals surface area (Å²) in [4.78, 5) is 12.6. The fraction of sp³-hybridized carbons (Fsp3) is 0.929. The van der Waals surface area contributed by atoms with Gasteiger partial charge >= 0.3 is 5.97 Å². The quantitative estimate of drug-likeness (QED) is 0.576. The van der Waals surface area contributed by atoms with Crippen LogP contribution in [0.1, 0.15) is 33.1 Å². The first-order chi connectivity index (χ1) is 10.3. The van der Waals surface area contributed by atoms with Gasteiger partial charge in [-0.3, -0.25) is 4.79 Å². The van der Waals surface area contributed by atoms with Gasteiger partial charge in [0.1, 0.15) is 0 Å². The molecular weight excluding hydrogens is 344 g/mol. The molecule has 0 saturated carbocycles. The number of carbonyl (C=O) groups is 1.